The summed E-state index contributed by atoms with van der Waals surface area (Å²) < 4.78 is 30.8. The summed E-state index contributed by atoms with van der Waals surface area (Å²) in [7, 11) is -4.07. The van der Waals surface area contributed by atoms with Crippen molar-refractivity contribution in [3.05, 3.63) is 72.3 Å². The molecule has 9 nitrogen and oxygen atoms in total. The molecular weight excluding hydrogens is 456 g/mol. The lowest BCUT2D eigenvalue weighted by molar-refractivity contribution is -0.117. The molecule has 0 bridgehead atoms. The average molecular weight is 479 g/mol. The normalized spacial score (nSPS) is 13.6. The molecule has 174 valence electrons. The molecule has 4 aromatic rings. The molecular formula is C24H22N4O5S. The third-order valence-electron chi connectivity index (χ3n) is 5.39. The van der Waals surface area contributed by atoms with Gasteiger partial charge in [0.25, 0.3) is 0 Å². The Morgan fingerprint density at radius 2 is 1.85 bits per heavy atom. The fraction of sp³-hybridized carbons (Fsp3) is 0.167. The van der Waals surface area contributed by atoms with Crippen LogP contribution in [0, 0.1) is 5.92 Å². The van der Waals surface area contributed by atoms with Gasteiger partial charge in [-0.3, -0.25) is 10.1 Å². The van der Waals surface area contributed by atoms with E-state index in [1.807, 2.05) is 24.3 Å². The maximum atomic E-state index is 12.8. The van der Waals surface area contributed by atoms with Gasteiger partial charge in [0.2, 0.25) is 11.9 Å². The number of hydrogen-bond acceptors (Lipinski definition) is 7. The SMILES string of the molecule is O=C(Nc1nc2cc(OS(=O)(=O)c3ccc(Nc4cccc(CO)c4)cc3)ccc2[nH]1)C1CC1. The van der Waals surface area contributed by atoms with Crippen LogP contribution in [-0.4, -0.2) is 29.4 Å². The fourth-order valence-electron chi connectivity index (χ4n) is 3.45. The van der Waals surface area contributed by atoms with Gasteiger partial charge in [-0.25, -0.2) is 4.98 Å². The van der Waals surface area contributed by atoms with Gasteiger partial charge in [0.1, 0.15) is 10.6 Å². The summed E-state index contributed by atoms with van der Waals surface area (Å²) in [5.41, 5.74) is 3.36. The summed E-state index contributed by atoms with van der Waals surface area (Å²) in [6.45, 7) is -0.0650. The van der Waals surface area contributed by atoms with Crippen molar-refractivity contribution in [2.75, 3.05) is 10.6 Å². The highest BCUT2D eigenvalue weighted by molar-refractivity contribution is 7.87. The molecule has 1 heterocycles. The molecule has 1 aliphatic carbocycles. The van der Waals surface area contributed by atoms with Crippen molar-refractivity contribution in [2.45, 2.75) is 24.3 Å². The van der Waals surface area contributed by atoms with E-state index in [1.165, 1.54) is 24.3 Å². The molecule has 10 heteroatoms. The van der Waals surface area contributed by atoms with Gasteiger partial charge in [-0.15, -0.1) is 0 Å². The summed E-state index contributed by atoms with van der Waals surface area (Å²) in [6.07, 6.45) is 1.77. The van der Waals surface area contributed by atoms with Crippen molar-refractivity contribution >= 4 is 44.4 Å². The molecule has 1 fully saturated rings. The van der Waals surface area contributed by atoms with Crippen LogP contribution in [0.15, 0.2) is 71.6 Å². The molecule has 1 amide bonds. The quantitative estimate of drug-likeness (QED) is 0.282. The van der Waals surface area contributed by atoms with Crippen LogP contribution in [-0.2, 0) is 21.5 Å². The molecule has 0 spiro atoms. The van der Waals surface area contributed by atoms with Crippen molar-refractivity contribution in [3.63, 3.8) is 0 Å². The molecule has 0 saturated heterocycles. The summed E-state index contributed by atoms with van der Waals surface area (Å²) in [5.74, 6) is 0.406. The zero-order valence-corrected chi connectivity index (χ0v) is 18.8. The highest BCUT2D eigenvalue weighted by Crippen LogP contribution is 2.30. The number of imidazole rings is 1. The van der Waals surface area contributed by atoms with Gasteiger partial charge < -0.3 is 19.6 Å². The van der Waals surface area contributed by atoms with Crippen molar-refractivity contribution in [2.24, 2.45) is 5.92 Å². The number of anilines is 3. The number of H-pyrrole nitrogens is 1. The van der Waals surface area contributed by atoms with E-state index in [4.69, 9.17) is 4.18 Å². The largest absolute Gasteiger partial charge is 0.392 e. The third kappa shape index (κ3) is 4.87. The van der Waals surface area contributed by atoms with Gasteiger partial charge in [-0.05, 0) is 66.9 Å². The Labute approximate surface area is 195 Å². The minimum Gasteiger partial charge on any atom is -0.392 e. The number of aromatic amines is 1. The van der Waals surface area contributed by atoms with Crippen LogP contribution >= 0.6 is 0 Å². The number of aliphatic hydroxyl groups excluding tert-OH is 1. The van der Waals surface area contributed by atoms with E-state index in [1.54, 1.807) is 18.2 Å². The van der Waals surface area contributed by atoms with Gasteiger partial charge in [0, 0.05) is 23.4 Å². The minimum absolute atomic E-state index is 0.00155. The topological polar surface area (TPSA) is 133 Å². The van der Waals surface area contributed by atoms with Crippen molar-refractivity contribution in [1.82, 2.24) is 9.97 Å². The first-order chi connectivity index (χ1) is 16.4. The molecule has 1 aliphatic rings. The van der Waals surface area contributed by atoms with Crippen LogP contribution in [0.1, 0.15) is 18.4 Å². The Bertz CT molecular complexity index is 1460. The number of carbonyl (C=O) groups is 1. The molecule has 3 aromatic carbocycles. The Balaban J connectivity index is 1.29. The number of fused-ring (bicyclic) bond motifs is 1. The maximum absolute atomic E-state index is 12.8. The van der Waals surface area contributed by atoms with Gasteiger partial charge in [0.15, 0.2) is 0 Å². The van der Waals surface area contributed by atoms with E-state index in [9.17, 15) is 18.3 Å². The van der Waals surface area contributed by atoms with Gasteiger partial charge in [0.05, 0.1) is 17.6 Å². The first-order valence-electron chi connectivity index (χ1n) is 10.7. The maximum Gasteiger partial charge on any atom is 0.339 e. The summed E-state index contributed by atoms with van der Waals surface area (Å²) in [4.78, 5) is 19.2. The number of carbonyl (C=O) groups excluding carboxylic acids is 1. The van der Waals surface area contributed by atoms with Crippen LogP contribution in [0.3, 0.4) is 0 Å². The number of aromatic nitrogens is 2. The van der Waals surface area contributed by atoms with Crippen LogP contribution < -0.4 is 14.8 Å². The number of nitrogens with one attached hydrogen (secondary N) is 3. The monoisotopic (exact) mass is 478 g/mol. The number of hydrogen-bond donors (Lipinski definition) is 4. The van der Waals surface area contributed by atoms with Gasteiger partial charge >= 0.3 is 10.1 Å². The van der Waals surface area contributed by atoms with E-state index in [2.05, 4.69) is 20.6 Å². The lowest BCUT2D eigenvalue weighted by Gasteiger charge is -2.10. The number of aliphatic hydroxyl groups is 1. The summed E-state index contributed by atoms with van der Waals surface area (Å²) >= 11 is 0. The third-order valence-corrected chi connectivity index (χ3v) is 6.65. The second-order valence-corrected chi connectivity index (χ2v) is 9.62. The van der Waals surface area contributed by atoms with Gasteiger partial charge in [-0.2, -0.15) is 8.42 Å². The number of amides is 1. The lowest BCUT2D eigenvalue weighted by atomic mass is 10.2. The molecule has 0 radical (unpaired) electrons. The number of nitrogens with zero attached hydrogens (tertiary/aromatic N) is 1. The molecule has 1 saturated carbocycles. The average Bonchev–Trinajstić information content (AvgIpc) is 3.60. The Hall–Kier alpha value is -3.89. The first kappa shape index (κ1) is 21.9. The molecule has 5 rings (SSSR count). The molecule has 34 heavy (non-hydrogen) atoms. The highest BCUT2D eigenvalue weighted by atomic mass is 32.2. The second-order valence-electron chi connectivity index (χ2n) is 8.07. The Morgan fingerprint density at radius 1 is 1.06 bits per heavy atom. The smallest absolute Gasteiger partial charge is 0.339 e. The highest BCUT2D eigenvalue weighted by Gasteiger charge is 2.30. The lowest BCUT2D eigenvalue weighted by Crippen LogP contribution is -2.14. The molecule has 0 atom stereocenters. The van der Waals surface area contributed by atoms with E-state index < -0.39 is 10.1 Å². The summed E-state index contributed by atoms with van der Waals surface area (Å²) in [5, 5.41) is 15.2. The van der Waals surface area contributed by atoms with Crippen molar-refractivity contribution in [3.8, 4) is 5.75 Å². The van der Waals surface area contributed by atoms with E-state index in [0.717, 1.165) is 24.1 Å². The van der Waals surface area contributed by atoms with Crippen LogP contribution in [0.2, 0.25) is 0 Å². The Kier molecular flexibility index (Phi) is 5.68. The molecule has 4 N–H and O–H groups in total. The fourth-order valence-corrected chi connectivity index (χ4v) is 4.38. The minimum atomic E-state index is -4.07. The van der Waals surface area contributed by atoms with Crippen molar-refractivity contribution < 1.29 is 22.5 Å². The molecule has 0 aliphatic heterocycles. The van der Waals surface area contributed by atoms with E-state index >= 15 is 0 Å². The second kappa shape index (κ2) is 8.81. The number of rotatable bonds is 8. The predicted octanol–water partition coefficient (Wildman–Crippen LogP) is 3.92. The van der Waals surface area contributed by atoms with Crippen LogP contribution in [0.4, 0.5) is 17.3 Å². The first-order valence-corrected chi connectivity index (χ1v) is 12.1. The van der Waals surface area contributed by atoms with Crippen molar-refractivity contribution in [1.29, 1.82) is 0 Å². The molecule has 1 aromatic heterocycles. The molecule has 0 unspecified atom stereocenters. The Morgan fingerprint density at radius 3 is 2.59 bits per heavy atom. The standard InChI is InChI=1S/C24H22N4O5S/c29-14-15-2-1-3-18(12-15)25-17-6-9-20(10-7-17)34(31,32)33-19-8-11-21-22(13-19)27-24(26-21)28-23(30)16-4-5-16/h1-3,6-13,16,25,29H,4-5,14H2,(H2,26,27,28,30). The van der Waals surface area contributed by atoms with E-state index in [0.29, 0.717) is 22.7 Å². The summed E-state index contributed by atoms with van der Waals surface area (Å²) in [6, 6.07) is 18.1. The zero-order valence-electron chi connectivity index (χ0n) is 18.0. The van der Waals surface area contributed by atoms with Gasteiger partial charge in [-0.1, -0.05) is 12.1 Å². The number of benzene rings is 3. The van der Waals surface area contributed by atoms with E-state index in [-0.39, 0.29) is 29.1 Å². The van der Waals surface area contributed by atoms with Crippen LogP contribution in [0.5, 0.6) is 5.75 Å². The van der Waals surface area contributed by atoms with Crippen LogP contribution in [0.25, 0.3) is 11.0 Å². The zero-order chi connectivity index (χ0) is 23.7. The predicted molar refractivity (Wildman–Crippen MR) is 127 cm³/mol.